The minimum atomic E-state index is -0.875. The molecule has 2 aromatic heterocycles. The highest BCUT2D eigenvalue weighted by atomic mass is 19.1. The van der Waals surface area contributed by atoms with Crippen molar-refractivity contribution in [2.24, 2.45) is 0 Å². The van der Waals surface area contributed by atoms with Gasteiger partial charge in [0.25, 0.3) is 5.56 Å². The number of amides is 2. The predicted molar refractivity (Wildman–Crippen MR) is 106 cm³/mol. The molecule has 0 saturated heterocycles. The van der Waals surface area contributed by atoms with Crippen molar-refractivity contribution < 1.29 is 13.6 Å². The average Bonchev–Trinajstić information content (AvgIpc) is 2.72. The summed E-state index contributed by atoms with van der Waals surface area (Å²) in [4.78, 5) is 28.9. The number of aromatic nitrogens is 2. The Morgan fingerprint density at radius 1 is 0.897 bits per heavy atom. The number of rotatable bonds is 3. The first-order valence-corrected chi connectivity index (χ1v) is 8.62. The van der Waals surface area contributed by atoms with Crippen molar-refractivity contribution in [2.45, 2.75) is 0 Å². The molecular formula is C21H14F2N4O2. The molecule has 4 rings (SSSR count). The van der Waals surface area contributed by atoms with Gasteiger partial charge in [-0.1, -0.05) is 24.3 Å². The van der Waals surface area contributed by atoms with Gasteiger partial charge in [0.15, 0.2) is 0 Å². The molecule has 2 N–H and O–H groups in total. The fourth-order valence-corrected chi connectivity index (χ4v) is 2.85. The van der Waals surface area contributed by atoms with Crippen LogP contribution < -0.4 is 16.2 Å². The number of carbonyl (C=O) groups is 1. The maximum atomic E-state index is 13.6. The monoisotopic (exact) mass is 392 g/mol. The molecule has 0 atom stereocenters. The summed E-state index contributed by atoms with van der Waals surface area (Å²) >= 11 is 0. The molecule has 0 radical (unpaired) electrons. The summed E-state index contributed by atoms with van der Waals surface area (Å²) < 4.78 is 28.7. The Kier molecular flexibility index (Phi) is 4.74. The largest absolute Gasteiger partial charge is 0.323 e. The highest BCUT2D eigenvalue weighted by Crippen LogP contribution is 2.20. The first-order valence-electron chi connectivity index (χ1n) is 8.62. The van der Waals surface area contributed by atoms with Crippen LogP contribution in [-0.4, -0.2) is 15.4 Å². The van der Waals surface area contributed by atoms with E-state index in [9.17, 15) is 18.4 Å². The molecule has 144 valence electrons. The second-order valence-corrected chi connectivity index (χ2v) is 6.16. The van der Waals surface area contributed by atoms with Crippen molar-refractivity contribution in [2.75, 3.05) is 10.6 Å². The van der Waals surface area contributed by atoms with Crippen molar-refractivity contribution in [1.82, 2.24) is 9.38 Å². The molecule has 29 heavy (non-hydrogen) atoms. The van der Waals surface area contributed by atoms with E-state index in [1.165, 1.54) is 16.7 Å². The number of fused-ring (bicyclic) bond motifs is 1. The molecule has 2 amide bonds. The zero-order valence-electron chi connectivity index (χ0n) is 14.9. The quantitative estimate of drug-likeness (QED) is 0.546. The summed E-state index contributed by atoms with van der Waals surface area (Å²) in [5.41, 5.74) is 1.19. The number of nitrogens with zero attached hydrogens (tertiary/aromatic N) is 2. The summed E-state index contributed by atoms with van der Waals surface area (Å²) in [5, 5.41) is 4.62. The third-order valence-electron chi connectivity index (χ3n) is 4.27. The van der Waals surface area contributed by atoms with Crippen molar-refractivity contribution in [1.29, 1.82) is 0 Å². The van der Waals surface area contributed by atoms with Crippen molar-refractivity contribution in [3.05, 3.63) is 95.0 Å². The van der Waals surface area contributed by atoms with Gasteiger partial charge in [-0.2, -0.15) is 0 Å². The summed E-state index contributed by atoms with van der Waals surface area (Å²) in [6.45, 7) is 0. The van der Waals surface area contributed by atoms with Gasteiger partial charge in [0.1, 0.15) is 23.0 Å². The Morgan fingerprint density at radius 2 is 1.62 bits per heavy atom. The molecule has 2 heterocycles. The molecule has 0 fully saturated rings. The van der Waals surface area contributed by atoms with Gasteiger partial charge in [0, 0.05) is 18.1 Å². The normalized spacial score (nSPS) is 10.7. The van der Waals surface area contributed by atoms with Gasteiger partial charge in [-0.3, -0.25) is 9.20 Å². The second-order valence-electron chi connectivity index (χ2n) is 6.16. The number of hydrogen-bond donors (Lipinski definition) is 2. The van der Waals surface area contributed by atoms with Crippen LogP contribution in [0.4, 0.5) is 25.0 Å². The average molecular weight is 392 g/mol. The van der Waals surface area contributed by atoms with Gasteiger partial charge in [-0.05, 0) is 42.0 Å². The molecule has 6 nitrogen and oxygen atoms in total. The lowest BCUT2D eigenvalue weighted by molar-refractivity contribution is 0.262. The first kappa shape index (κ1) is 18.3. The number of para-hydroxylation sites is 1. The number of urea groups is 1. The van der Waals surface area contributed by atoms with E-state index in [4.69, 9.17) is 0 Å². The molecule has 8 heteroatoms. The molecule has 4 aromatic rings. The van der Waals surface area contributed by atoms with Crippen LogP contribution in [0.3, 0.4) is 0 Å². The molecular weight excluding hydrogens is 378 g/mol. The van der Waals surface area contributed by atoms with E-state index >= 15 is 0 Å². The lowest BCUT2D eigenvalue weighted by Crippen LogP contribution is -2.21. The number of halogens is 2. The maximum Gasteiger partial charge on any atom is 0.323 e. The number of carbonyl (C=O) groups excluding carboxylic acids is 1. The summed E-state index contributed by atoms with van der Waals surface area (Å²) in [7, 11) is 0. The van der Waals surface area contributed by atoms with Gasteiger partial charge < -0.3 is 10.6 Å². The number of pyridine rings is 1. The molecule has 0 bridgehead atoms. The third-order valence-corrected chi connectivity index (χ3v) is 4.27. The third kappa shape index (κ3) is 3.68. The van der Waals surface area contributed by atoms with Crippen LogP contribution in [0.25, 0.3) is 16.8 Å². The van der Waals surface area contributed by atoms with E-state index in [-0.39, 0.29) is 5.56 Å². The van der Waals surface area contributed by atoms with Gasteiger partial charge in [0.2, 0.25) is 0 Å². The molecule has 0 spiro atoms. The molecule has 0 saturated carbocycles. The second kappa shape index (κ2) is 7.51. The number of hydrogen-bond acceptors (Lipinski definition) is 3. The maximum absolute atomic E-state index is 13.6. The highest BCUT2D eigenvalue weighted by Gasteiger charge is 2.12. The molecule has 2 aromatic carbocycles. The van der Waals surface area contributed by atoms with Gasteiger partial charge in [-0.25, -0.2) is 18.6 Å². The van der Waals surface area contributed by atoms with E-state index in [2.05, 4.69) is 15.6 Å². The predicted octanol–water partition coefficient (Wildman–Crippen LogP) is 4.28. The van der Waals surface area contributed by atoms with E-state index in [0.29, 0.717) is 22.5 Å². The van der Waals surface area contributed by atoms with Crippen molar-refractivity contribution >= 4 is 23.1 Å². The van der Waals surface area contributed by atoms with Crippen LogP contribution in [0, 0.1) is 11.6 Å². The summed E-state index contributed by atoms with van der Waals surface area (Å²) in [6.07, 6.45) is 3.13. The Labute approximate surface area is 163 Å². The van der Waals surface area contributed by atoms with Gasteiger partial charge >= 0.3 is 6.03 Å². The summed E-state index contributed by atoms with van der Waals surface area (Å²) in [6, 6.07) is 14.2. The number of anilines is 2. The highest BCUT2D eigenvalue weighted by molar-refractivity contribution is 6.00. The number of benzene rings is 2. The van der Waals surface area contributed by atoms with E-state index in [1.807, 2.05) is 0 Å². The topological polar surface area (TPSA) is 75.5 Å². The van der Waals surface area contributed by atoms with Crippen LogP contribution in [-0.2, 0) is 0 Å². The SMILES string of the molecule is O=C(Nc1ccc(-c2cnc3ccccn3c2=O)cc1)Nc1c(F)cccc1F. The first-order chi connectivity index (χ1) is 14.0. The number of nitrogens with one attached hydrogen (secondary N) is 2. The van der Waals surface area contributed by atoms with Crippen LogP contribution >= 0.6 is 0 Å². The van der Waals surface area contributed by atoms with Crippen LogP contribution in [0.5, 0.6) is 0 Å². The van der Waals surface area contributed by atoms with Crippen LogP contribution in [0.1, 0.15) is 0 Å². The van der Waals surface area contributed by atoms with E-state index in [0.717, 1.165) is 12.1 Å². The van der Waals surface area contributed by atoms with Gasteiger partial charge in [-0.15, -0.1) is 0 Å². The molecule has 0 aliphatic carbocycles. The molecule has 0 aliphatic rings. The Hall–Kier alpha value is -4.07. The Bertz CT molecular complexity index is 1250. The minimum absolute atomic E-state index is 0.218. The zero-order valence-corrected chi connectivity index (χ0v) is 14.9. The summed E-state index contributed by atoms with van der Waals surface area (Å²) in [5.74, 6) is -1.75. The van der Waals surface area contributed by atoms with Crippen LogP contribution in [0.2, 0.25) is 0 Å². The van der Waals surface area contributed by atoms with Gasteiger partial charge in [0.05, 0.1) is 5.56 Å². The minimum Gasteiger partial charge on any atom is -0.308 e. The molecule has 0 unspecified atom stereocenters. The lowest BCUT2D eigenvalue weighted by atomic mass is 10.1. The lowest BCUT2D eigenvalue weighted by Gasteiger charge is -2.10. The van der Waals surface area contributed by atoms with Crippen molar-refractivity contribution in [3.63, 3.8) is 0 Å². The van der Waals surface area contributed by atoms with Crippen molar-refractivity contribution in [3.8, 4) is 11.1 Å². The fourth-order valence-electron chi connectivity index (χ4n) is 2.85. The fraction of sp³-hybridized carbons (Fsp3) is 0. The Morgan fingerprint density at radius 3 is 2.34 bits per heavy atom. The van der Waals surface area contributed by atoms with E-state index < -0.39 is 23.4 Å². The zero-order chi connectivity index (χ0) is 20.4. The molecule has 0 aliphatic heterocycles. The van der Waals surface area contributed by atoms with E-state index in [1.54, 1.807) is 48.7 Å². The van der Waals surface area contributed by atoms with Crippen LogP contribution in [0.15, 0.2) is 77.9 Å². The smallest absolute Gasteiger partial charge is 0.308 e. The standard InChI is InChI=1S/C21H14F2N4O2/c22-16-4-3-5-17(23)19(16)26-21(29)25-14-9-7-13(8-10-14)15-12-24-18-6-1-2-11-27(18)20(15)28/h1-12H,(H2,25,26,29). The Balaban J connectivity index is 1.53.